The zero-order valence-electron chi connectivity index (χ0n) is 25.8. The van der Waals surface area contributed by atoms with Crippen molar-refractivity contribution in [2.75, 3.05) is 27.2 Å². The summed E-state index contributed by atoms with van der Waals surface area (Å²) in [4.78, 5) is 12.4. The fourth-order valence-corrected chi connectivity index (χ4v) is 6.62. The minimum absolute atomic E-state index is 0.392. The predicted molar refractivity (Wildman–Crippen MR) is 174 cm³/mol. The molecular weight excluding hydrogens is 488 g/mol. The molecule has 4 nitrogen and oxygen atoms in total. The Bertz CT molecular complexity index is 998. The van der Waals surface area contributed by atoms with E-state index in [2.05, 4.69) is 73.8 Å². The van der Waals surface area contributed by atoms with Gasteiger partial charge in [-0.05, 0) is 94.4 Å². The molecule has 0 amide bonds. The maximum atomic E-state index is 5.10. The molecule has 1 atom stereocenters. The minimum atomic E-state index is 0.392. The lowest BCUT2D eigenvalue weighted by Gasteiger charge is -2.30. The van der Waals surface area contributed by atoms with E-state index in [4.69, 9.17) is 9.98 Å². The van der Waals surface area contributed by atoms with E-state index in [0.29, 0.717) is 5.92 Å². The average molecular weight is 545 g/mol. The summed E-state index contributed by atoms with van der Waals surface area (Å²) in [6.07, 6.45) is 36.5. The zero-order valence-corrected chi connectivity index (χ0v) is 25.8. The summed E-state index contributed by atoms with van der Waals surface area (Å²) in [5, 5.41) is 3.79. The number of allylic oxidation sites excluding steroid dienone is 9. The number of unbranched alkanes of at least 4 members (excludes halogenated alkanes) is 5. The third-order valence-corrected chi connectivity index (χ3v) is 9.23. The SMILES string of the molecule is CC(CC1CCC(CNCCCCCCCCC2=CCCC=C2)CC1)C1=NC2=CC=CCC=C2CC(N(C)C)=N1. The zero-order chi connectivity index (χ0) is 28.0. The highest BCUT2D eigenvalue weighted by Crippen LogP contribution is 2.34. The van der Waals surface area contributed by atoms with Crippen LogP contribution in [-0.4, -0.2) is 43.8 Å². The van der Waals surface area contributed by atoms with E-state index in [0.717, 1.165) is 42.0 Å². The van der Waals surface area contributed by atoms with E-state index < -0.39 is 0 Å². The maximum Gasteiger partial charge on any atom is 0.133 e. The molecule has 1 N–H and O–H groups in total. The van der Waals surface area contributed by atoms with E-state index >= 15 is 0 Å². The van der Waals surface area contributed by atoms with E-state index in [1.54, 1.807) is 5.57 Å². The Morgan fingerprint density at radius 3 is 2.45 bits per heavy atom. The second kappa shape index (κ2) is 16.9. The Morgan fingerprint density at radius 1 is 0.900 bits per heavy atom. The van der Waals surface area contributed by atoms with E-state index in [1.165, 1.54) is 109 Å². The van der Waals surface area contributed by atoms with Gasteiger partial charge in [0.25, 0.3) is 0 Å². The van der Waals surface area contributed by atoms with Crippen molar-refractivity contribution in [3.63, 3.8) is 0 Å². The molecule has 0 spiro atoms. The quantitative estimate of drug-likeness (QED) is 0.222. The standard InChI is InChI=1S/C36H56N4/c1-29(36-38-34-20-14-9-13-19-33(34)27-35(39-36)40(2)3)26-31-21-23-32(24-22-31)28-37-25-15-7-5-4-6-10-16-30-17-11-8-12-18-30/h9,11,14,17-20,29,31-32,37H,4-8,10,12-13,15-16,21-28H2,1-3H3. The Morgan fingerprint density at radius 2 is 1.68 bits per heavy atom. The molecule has 4 aliphatic rings. The van der Waals surface area contributed by atoms with Crippen molar-refractivity contribution in [1.29, 1.82) is 0 Å². The van der Waals surface area contributed by atoms with Crippen molar-refractivity contribution in [2.45, 2.75) is 110 Å². The van der Waals surface area contributed by atoms with Crippen LogP contribution in [0.3, 0.4) is 0 Å². The van der Waals surface area contributed by atoms with Crippen molar-refractivity contribution in [3.8, 4) is 0 Å². The highest BCUT2D eigenvalue weighted by Gasteiger charge is 2.26. The van der Waals surface area contributed by atoms with Crippen LogP contribution in [0.2, 0.25) is 0 Å². The van der Waals surface area contributed by atoms with Gasteiger partial charge in [0.1, 0.15) is 11.7 Å². The Kier molecular flexibility index (Phi) is 13.0. The fourth-order valence-electron chi connectivity index (χ4n) is 6.62. The van der Waals surface area contributed by atoms with Gasteiger partial charge in [0, 0.05) is 26.4 Å². The number of aliphatic imine (C=N–C) groups is 2. The Hall–Kier alpha value is -2.20. The molecular formula is C36H56N4. The monoisotopic (exact) mass is 544 g/mol. The number of rotatable bonds is 14. The average Bonchev–Trinajstić information content (AvgIpc) is 3.29. The molecule has 4 heteroatoms. The normalized spacial score (nSPS) is 23.6. The fraction of sp³-hybridized carbons (Fsp3) is 0.667. The molecule has 3 aliphatic carbocycles. The number of fused-ring (bicyclic) bond motifs is 1. The van der Waals surface area contributed by atoms with Gasteiger partial charge in [-0.25, -0.2) is 9.98 Å². The molecule has 1 saturated carbocycles. The molecule has 0 bridgehead atoms. The van der Waals surface area contributed by atoms with Crippen molar-refractivity contribution in [2.24, 2.45) is 27.7 Å². The highest BCUT2D eigenvalue weighted by atomic mass is 15.2. The molecule has 40 heavy (non-hydrogen) atoms. The summed E-state index contributed by atoms with van der Waals surface area (Å²) in [7, 11) is 4.22. The van der Waals surface area contributed by atoms with Crippen molar-refractivity contribution < 1.29 is 0 Å². The van der Waals surface area contributed by atoms with Gasteiger partial charge in [-0.2, -0.15) is 0 Å². The van der Waals surface area contributed by atoms with Crippen LogP contribution < -0.4 is 5.32 Å². The number of nitrogens with zero attached hydrogens (tertiary/aromatic N) is 3. The molecule has 1 heterocycles. The summed E-state index contributed by atoms with van der Waals surface area (Å²) in [6.45, 7) is 4.75. The van der Waals surface area contributed by atoms with Crippen molar-refractivity contribution in [1.82, 2.24) is 10.2 Å². The van der Waals surface area contributed by atoms with Crippen LogP contribution in [0, 0.1) is 17.8 Å². The Balaban J connectivity index is 1.08. The maximum absolute atomic E-state index is 5.10. The molecule has 0 radical (unpaired) electrons. The van der Waals surface area contributed by atoms with E-state index in [1.807, 2.05) is 0 Å². The highest BCUT2D eigenvalue weighted by molar-refractivity contribution is 6.01. The number of nitrogens with one attached hydrogen (secondary N) is 1. The second-order valence-electron chi connectivity index (χ2n) is 12.9. The molecule has 1 aliphatic heterocycles. The first-order valence-electron chi connectivity index (χ1n) is 16.5. The topological polar surface area (TPSA) is 40.0 Å². The second-order valence-corrected chi connectivity index (χ2v) is 12.9. The summed E-state index contributed by atoms with van der Waals surface area (Å²) >= 11 is 0. The molecule has 220 valence electrons. The summed E-state index contributed by atoms with van der Waals surface area (Å²) in [6, 6.07) is 0. The third kappa shape index (κ3) is 10.3. The summed E-state index contributed by atoms with van der Waals surface area (Å²) < 4.78 is 0. The third-order valence-electron chi connectivity index (χ3n) is 9.23. The smallest absolute Gasteiger partial charge is 0.133 e. The number of hydrogen-bond donors (Lipinski definition) is 1. The first kappa shape index (κ1) is 30.8. The number of amidine groups is 2. The van der Waals surface area contributed by atoms with Crippen LogP contribution in [0.5, 0.6) is 0 Å². The largest absolute Gasteiger partial charge is 0.366 e. The minimum Gasteiger partial charge on any atom is -0.366 e. The van der Waals surface area contributed by atoms with Gasteiger partial charge in [0.2, 0.25) is 0 Å². The van der Waals surface area contributed by atoms with Gasteiger partial charge in [0.05, 0.1) is 5.70 Å². The first-order chi connectivity index (χ1) is 19.6. The molecule has 0 aromatic rings. The van der Waals surface area contributed by atoms with Crippen LogP contribution in [0.15, 0.2) is 69.4 Å². The van der Waals surface area contributed by atoms with Crippen molar-refractivity contribution >= 4 is 11.7 Å². The van der Waals surface area contributed by atoms with E-state index in [9.17, 15) is 0 Å². The van der Waals surface area contributed by atoms with Gasteiger partial charge in [-0.15, -0.1) is 0 Å². The molecule has 1 unspecified atom stereocenters. The number of hydrogen-bond acceptors (Lipinski definition) is 4. The lowest BCUT2D eigenvalue weighted by Crippen LogP contribution is -2.28. The molecule has 0 saturated heterocycles. The van der Waals surface area contributed by atoms with Crippen LogP contribution in [-0.2, 0) is 0 Å². The van der Waals surface area contributed by atoms with Crippen LogP contribution in [0.4, 0.5) is 0 Å². The van der Waals surface area contributed by atoms with Gasteiger partial charge < -0.3 is 10.2 Å². The van der Waals surface area contributed by atoms with E-state index in [-0.39, 0.29) is 0 Å². The lowest BCUT2D eigenvalue weighted by atomic mass is 9.78. The van der Waals surface area contributed by atoms with Gasteiger partial charge in [-0.3, -0.25) is 0 Å². The molecule has 1 fully saturated rings. The van der Waals surface area contributed by atoms with Gasteiger partial charge in [-0.1, -0.05) is 87.5 Å². The summed E-state index contributed by atoms with van der Waals surface area (Å²) in [5.74, 6) is 4.21. The Labute approximate surface area is 245 Å². The van der Waals surface area contributed by atoms with Gasteiger partial charge in [0.15, 0.2) is 0 Å². The van der Waals surface area contributed by atoms with Crippen LogP contribution in [0.25, 0.3) is 0 Å². The van der Waals surface area contributed by atoms with Crippen LogP contribution in [0.1, 0.15) is 110 Å². The van der Waals surface area contributed by atoms with Crippen LogP contribution >= 0.6 is 0 Å². The molecule has 0 aromatic carbocycles. The molecule has 0 aromatic heterocycles. The first-order valence-corrected chi connectivity index (χ1v) is 16.5. The van der Waals surface area contributed by atoms with Crippen molar-refractivity contribution in [3.05, 3.63) is 59.4 Å². The lowest BCUT2D eigenvalue weighted by molar-refractivity contribution is 0.248. The molecule has 4 rings (SSSR count). The summed E-state index contributed by atoms with van der Waals surface area (Å²) in [5.41, 5.74) is 3.99. The predicted octanol–water partition coefficient (Wildman–Crippen LogP) is 8.95. The van der Waals surface area contributed by atoms with Gasteiger partial charge >= 0.3 is 0 Å².